The molecule has 1 aromatic carbocycles. The van der Waals surface area contributed by atoms with Gasteiger partial charge >= 0.3 is 0 Å². The highest BCUT2D eigenvalue weighted by molar-refractivity contribution is 7.93. The van der Waals surface area contributed by atoms with E-state index in [9.17, 15) is 17.2 Å². The molecule has 2 aliphatic carbocycles. The molecular weight excluding hydrogens is 468 g/mol. The Bertz CT molecular complexity index is 945. The molecule has 4 fully saturated rings. The zero-order valence-electron chi connectivity index (χ0n) is 19.3. The van der Waals surface area contributed by atoms with Crippen molar-refractivity contribution in [1.29, 1.82) is 0 Å². The van der Waals surface area contributed by atoms with Crippen molar-refractivity contribution in [1.82, 2.24) is 9.80 Å². The molecule has 4 aliphatic rings. The lowest BCUT2D eigenvalue weighted by atomic mass is 9.87. The number of piperidine rings is 2. The first kappa shape index (κ1) is 25.1. The van der Waals surface area contributed by atoms with Crippen LogP contribution in [-0.2, 0) is 15.4 Å². The summed E-state index contributed by atoms with van der Waals surface area (Å²) in [7, 11) is -3.25. The van der Waals surface area contributed by atoms with Gasteiger partial charge in [-0.15, -0.1) is 12.4 Å². The number of hydrogen-bond donors (Lipinski definition) is 1. The number of anilines is 1. The van der Waals surface area contributed by atoms with Gasteiger partial charge in [-0.2, -0.15) is 0 Å². The molecule has 2 heterocycles. The van der Waals surface area contributed by atoms with Crippen LogP contribution in [-0.4, -0.2) is 68.7 Å². The molecule has 186 valence electrons. The third-order valence-corrected chi connectivity index (χ3v) is 10.1. The van der Waals surface area contributed by atoms with Crippen LogP contribution in [0.15, 0.2) is 24.3 Å². The Morgan fingerprint density at radius 1 is 1.12 bits per heavy atom. The van der Waals surface area contributed by atoms with Gasteiger partial charge in [-0.05, 0) is 81.3 Å². The molecule has 2 saturated heterocycles. The van der Waals surface area contributed by atoms with Crippen LogP contribution in [0.3, 0.4) is 0 Å². The van der Waals surface area contributed by atoms with Crippen LogP contribution in [0.1, 0.15) is 51.0 Å². The van der Waals surface area contributed by atoms with Crippen molar-refractivity contribution in [2.45, 2.75) is 62.0 Å². The summed E-state index contributed by atoms with van der Waals surface area (Å²) in [6.45, 7) is 6.76. The number of halogens is 3. The fraction of sp³-hybridized carbons (Fsp3) is 0.750. The number of nitrogens with one attached hydrogen (secondary N) is 1. The highest BCUT2D eigenvalue weighted by atomic mass is 35.5. The zero-order valence-corrected chi connectivity index (χ0v) is 20.9. The van der Waals surface area contributed by atoms with Gasteiger partial charge in [0, 0.05) is 30.6 Å². The SMILES string of the molecule is CCC1(c2cccc(NS(=O)(=O)C3CC3)c2)C2CN(CCCN3CCCC(F)(F)C3)CC21.Cl. The Balaban J connectivity index is 0.00000259. The minimum atomic E-state index is -3.25. The summed E-state index contributed by atoms with van der Waals surface area (Å²) in [5.74, 6) is -1.32. The van der Waals surface area contributed by atoms with Gasteiger partial charge in [0.15, 0.2) is 0 Å². The largest absolute Gasteiger partial charge is 0.303 e. The molecule has 9 heteroatoms. The van der Waals surface area contributed by atoms with Crippen LogP contribution in [0.25, 0.3) is 0 Å². The summed E-state index contributed by atoms with van der Waals surface area (Å²) in [4.78, 5) is 4.41. The van der Waals surface area contributed by atoms with E-state index in [0.717, 1.165) is 58.4 Å². The molecule has 0 bridgehead atoms. The second-order valence-corrected chi connectivity index (χ2v) is 12.3. The number of sulfonamides is 1. The van der Waals surface area contributed by atoms with E-state index in [1.165, 1.54) is 5.56 Å². The van der Waals surface area contributed by atoms with Crippen molar-refractivity contribution in [3.8, 4) is 0 Å². The molecule has 2 aliphatic heterocycles. The molecule has 0 amide bonds. The predicted molar refractivity (Wildman–Crippen MR) is 130 cm³/mol. The van der Waals surface area contributed by atoms with E-state index in [4.69, 9.17) is 0 Å². The monoisotopic (exact) mass is 503 g/mol. The predicted octanol–water partition coefficient (Wildman–Crippen LogP) is 4.34. The summed E-state index contributed by atoms with van der Waals surface area (Å²) in [5.41, 5.74) is 2.08. The Hall–Kier alpha value is -0.960. The number of hydrogen-bond acceptors (Lipinski definition) is 4. The van der Waals surface area contributed by atoms with Gasteiger partial charge in [0.25, 0.3) is 5.92 Å². The number of rotatable bonds is 9. The van der Waals surface area contributed by atoms with Crippen LogP contribution in [0.4, 0.5) is 14.5 Å². The van der Waals surface area contributed by atoms with Gasteiger partial charge in [-0.1, -0.05) is 19.1 Å². The van der Waals surface area contributed by atoms with Crippen LogP contribution >= 0.6 is 12.4 Å². The highest BCUT2D eigenvalue weighted by Gasteiger charge is 2.67. The molecule has 5 rings (SSSR count). The molecule has 1 N–H and O–H groups in total. The van der Waals surface area contributed by atoms with E-state index in [2.05, 4.69) is 22.6 Å². The Morgan fingerprint density at radius 2 is 1.82 bits per heavy atom. The second-order valence-electron chi connectivity index (χ2n) is 10.4. The number of likely N-dealkylation sites (tertiary alicyclic amines) is 2. The number of nitrogens with zero attached hydrogens (tertiary/aromatic N) is 2. The molecule has 0 radical (unpaired) electrons. The average molecular weight is 504 g/mol. The third kappa shape index (κ3) is 5.04. The number of benzene rings is 1. The maximum Gasteiger partial charge on any atom is 0.260 e. The molecule has 0 spiro atoms. The van der Waals surface area contributed by atoms with E-state index < -0.39 is 15.9 Å². The molecule has 5 nitrogen and oxygen atoms in total. The van der Waals surface area contributed by atoms with Gasteiger partial charge in [0.1, 0.15) is 0 Å². The van der Waals surface area contributed by atoms with E-state index in [-0.39, 0.29) is 36.0 Å². The summed E-state index contributed by atoms with van der Waals surface area (Å²) in [6, 6.07) is 8.01. The molecule has 2 unspecified atom stereocenters. The van der Waals surface area contributed by atoms with Gasteiger partial charge in [-0.25, -0.2) is 17.2 Å². The summed E-state index contributed by atoms with van der Waals surface area (Å²) in [5, 5.41) is -0.226. The first-order valence-electron chi connectivity index (χ1n) is 12.2. The van der Waals surface area contributed by atoms with Crippen molar-refractivity contribution >= 4 is 28.1 Å². The quantitative estimate of drug-likeness (QED) is 0.544. The molecule has 2 saturated carbocycles. The van der Waals surface area contributed by atoms with Crippen molar-refractivity contribution < 1.29 is 17.2 Å². The first-order valence-corrected chi connectivity index (χ1v) is 13.7. The van der Waals surface area contributed by atoms with Crippen molar-refractivity contribution in [2.75, 3.05) is 44.0 Å². The zero-order chi connectivity index (χ0) is 22.6. The second kappa shape index (κ2) is 9.25. The number of alkyl halides is 2. The van der Waals surface area contributed by atoms with E-state index in [1.54, 1.807) is 0 Å². The average Bonchev–Trinajstić information content (AvgIpc) is 3.64. The van der Waals surface area contributed by atoms with Gasteiger partial charge in [0.05, 0.1) is 11.8 Å². The van der Waals surface area contributed by atoms with Crippen LogP contribution in [0.2, 0.25) is 0 Å². The lowest BCUT2D eigenvalue weighted by Crippen LogP contribution is -2.43. The van der Waals surface area contributed by atoms with Crippen LogP contribution in [0, 0.1) is 11.8 Å². The maximum absolute atomic E-state index is 13.6. The Labute approximate surface area is 202 Å². The summed E-state index contributed by atoms with van der Waals surface area (Å²) >= 11 is 0. The summed E-state index contributed by atoms with van der Waals surface area (Å²) in [6.07, 6.45) is 4.13. The minimum Gasteiger partial charge on any atom is -0.303 e. The highest BCUT2D eigenvalue weighted by Crippen LogP contribution is 2.65. The van der Waals surface area contributed by atoms with Gasteiger partial charge in [-0.3, -0.25) is 9.62 Å². The summed E-state index contributed by atoms with van der Waals surface area (Å²) < 4.78 is 54.7. The van der Waals surface area contributed by atoms with Crippen LogP contribution in [0.5, 0.6) is 0 Å². The molecule has 2 atom stereocenters. The lowest BCUT2D eigenvalue weighted by Gasteiger charge is -2.33. The van der Waals surface area contributed by atoms with Crippen molar-refractivity contribution in [3.63, 3.8) is 0 Å². The minimum absolute atomic E-state index is 0. The maximum atomic E-state index is 13.6. The fourth-order valence-electron chi connectivity index (χ4n) is 6.41. The van der Waals surface area contributed by atoms with Crippen LogP contribution < -0.4 is 4.72 Å². The standard InChI is InChI=1S/C24H35F2N3O2S.ClH/c1-2-24(18-6-3-7-19(14-18)27-32(30,31)20-8-9-20)21-15-29(16-22(21)24)13-5-12-28-11-4-10-23(25,26)17-28;/h3,6-7,14,20-22,27H,2,4-5,8-13,15-17H2,1H3;1H. The first-order chi connectivity index (χ1) is 15.2. The Kier molecular flexibility index (Phi) is 7.04. The van der Waals surface area contributed by atoms with E-state index in [1.807, 2.05) is 23.1 Å². The van der Waals surface area contributed by atoms with Crippen molar-refractivity contribution in [2.24, 2.45) is 11.8 Å². The van der Waals surface area contributed by atoms with Crippen molar-refractivity contribution in [3.05, 3.63) is 29.8 Å². The topological polar surface area (TPSA) is 52.7 Å². The van der Waals surface area contributed by atoms with E-state index >= 15 is 0 Å². The fourth-order valence-corrected chi connectivity index (χ4v) is 7.79. The Morgan fingerprint density at radius 3 is 2.45 bits per heavy atom. The molecular formula is C24H36ClF2N3O2S. The lowest BCUT2D eigenvalue weighted by molar-refractivity contribution is -0.0643. The molecule has 0 aromatic heterocycles. The number of fused-ring (bicyclic) bond motifs is 1. The molecule has 1 aromatic rings. The smallest absolute Gasteiger partial charge is 0.260 e. The molecule has 33 heavy (non-hydrogen) atoms. The van der Waals surface area contributed by atoms with Gasteiger partial charge < -0.3 is 4.90 Å². The van der Waals surface area contributed by atoms with E-state index in [0.29, 0.717) is 23.9 Å². The van der Waals surface area contributed by atoms with Gasteiger partial charge in [0.2, 0.25) is 10.0 Å². The third-order valence-electron chi connectivity index (χ3n) is 8.24. The normalized spacial score (nSPS) is 31.6.